The van der Waals surface area contributed by atoms with Crippen molar-refractivity contribution in [2.75, 3.05) is 5.32 Å². The van der Waals surface area contributed by atoms with E-state index in [4.69, 9.17) is 20.9 Å². The largest absolute Gasteiger partial charge is 0.488 e. The van der Waals surface area contributed by atoms with Crippen molar-refractivity contribution < 1.29 is 14.1 Å². The van der Waals surface area contributed by atoms with E-state index in [9.17, 15) is 4.79 Å². The van der Waals surface area contributed by atoms with Gasteiger partial charge in [0.15, 0.2) is 0 Å². The maximum Gasteiger partial charge on any atom is 0.248 e. The van der Waals surface area contributed by atoms with Crippen molar-refractivity contribution >= 4 is 23.4 Å². The third-order valence-corrected chi connectivity index (χ3v) is 4.86. The van der Waals surface area contributed by atoms with Crippen LogP contribution >= 0.6 is 11.6 Å². The number of nitrogens with one attached hydrogen (secondary N) is 1. The Morgan fingerprint density at radius 3 is 2.97 bits per heavy atom. The molecule has 4 aromatic rings. The Morgan fingerprint density at radius 2 is 2.07 bits per heavy atom. The second-order valence-corrected chi connectivity index (χ2v) is 7.03. The van der Waals surface area contributed by atoms with Crippen molar-refractivity contribution in [2.24, 2.45) is 0 Å². The number of nitrogens with zero attached hydrogens (tertiary/aromatic N) is 3. The lowest BCUT2D eigenvalue weighted by atomic mass is 10.0. The number of halogens is 1. The van der Waals surface area contributed by atoms with E-state index >= 15 is 0 Å². The van der Waals surface area contributed by atoms with Crippen LogP contribution < -0.4 is 10.1 Å². The van der Waals surface area contributed by atoms with Crippen LogP contribution in [0.1, 0.15) is 5.56 Å². The number of hydrogen-bond acceptors (Lipinski definition) is 5. The third-order valence-electron chi connectivity index (χ3n) is 4.63. The first-order valence-corrected chi connectivity index (χ1v) is 9.34. The molecule has 3 heterocycles. The van der Waals surface area contributed by atoms with Gasteiger partial charge in [0.2, 0.25) is 11.8 Å². The van der Waals surface area contributed by atoms with E-state index in [0.29, 0.717) is 17.3 Å². The fourth-order valence-electron chi connectivity index (χ4n) is 3.34. The first-order valence-electron chi connectivity index (χ1n) is 8.97. The van der Waals surface area contributed by atoms with Crippen LogP contribution in [0.15, 0.2) is 65.3 Å². The van der Waals surface area contributed by atoms with Gasteiger partial charge in [0.05, 0.1) is 11.9 Å². The van der Waals surface area contributed by atoms with E-state index in [2.05, 4.69) is 15.6 Å². The number of amides is 1. The summed E-state index contributed by atoms with van der Waals surface area (Å²) in [5, 5.41) is 11.7. The number of anilines is 1. The molecule has 5 rings (SSSR count). The second kappa shape index (κ2) is 7.10. The van der Waals surface area contributed by atoms with Crippen molar-refractivity contribution in [3.8, 4) is 28.3 Å². The standard InChI is InChI=1S/C21H15ClN4O3/c22-15-5-3-4-13(8-15)17-9-20(29-25-17)24-19(27)11-26-21-14(10-23-26)12-28-18-7-2-1-6-16(18)21/h1-10H,11-12H2,(H,24,27). The average Bonchev–Trinajstić information content (AvgIpc) is 3.35. The maximum atomic E-state index is 12.6. The molecule has 1 N–H and O–H groups in total. The SMILES string of the molecule is O=C(Cn1ncc2c1-c1ccccc1OC2)Nc1cc(-c2cccc(Cl)c2)no1. The molecule has 7 nitrogen and oxygen atoms in total. The monoisotopic (exact) mass is 406 g/mol. The molecule has 8 heteroatoms. The number of benzene rings is 2. The van der Waals surface area contributed by atoms with Crippen LogP contribution in [0.4, 0.5) is 5.88 Å². The maximum absolute atomic E-state index is 12.6. The number of ether oxygens (including phenoxy) is 1. The Morgan fingerprint density at radius 1 is 1.17 bits per heavy atom. The van der Waals surface area contributed by atoms with Crippen LogP contribution in [-0.4, -0.2) is 20.8 Å². The highest BCUT2D eigenvalue weighted by Gasteiger charge is 2.23. The highest BCUT2D eigenvalue weighted by atomic mass is 35.5. The van der Waals surface area contributed by atoms with Crippen molar-refractivity contribution in [1.82, 2.24) is 14.9 Å². The average molecular weight is 407 g/mol. The summed E-state index contributed by atoms with van der Waals surface area (Å²) in [5.74, 6) is 0.770. The molecule has 0 atom stereocenters. The lowest BCUT2D eigenvalue weighted by Crippen LogP contribution is -2.20. The summed E-state index contributed by atoms with van der Waals surface area (Å²) in [6.07, 6.45) is 1.73. The summed E-state index contributed by atoms with van der Waals surface area (Å²) < 4.78 is 12.6. The van der Waals surface area contributed by atoms with E-state index in [0.717, 1.165) is 28.1 Å². The molecule has 0 bridgehead atoms. The molecule has 0 saturated heterocycles. The Balaban J connectivity index is 1.34. The van der Waals surface area contributed by atoms with Crippen LogP contribution in [-0.2, 0) is 17.9 Å². The van der Waals surface area contributed by atoms with E-state index in [-0.39, 0.29) is 18.3 Å². The molecule has 0 radical (unpaired) electrons. The first kappa shape index (κ1) is 17.5. The predicted octanol–water partition coefficient (Wildman–Crippen LogP) is 4.39. The molecule has 0 unspecified atom stereocenters. The number of carbonyl (C=O) groups excluding carboxylic acids is 1. The zero-order valence-corrected chi connectivity index (χ0v) is 15.9. The molecule has 2 aromatic carbocycles. The zero-order valence-electron chi connectivity index (χ0n) is 15.1. The molecule has 29 heavy (non-hydrogen) atoms. The molecule has 0 aliphatic carbocycles. The van der Waals surface area contributed by atoms with Gasteiger partial charge in [-0.1, -0.05) is 41.0 Å². The Hall–Kier alpha value is -3.58. The third kappa shape index (κ3) is 3.36. The van der Waals surface area contributed by atoms with Gasteiger partial charge in [-0.3, -0.25) is 14.8 Å². The minimum absolute atomic E-state index is 0.0386. The van der Waals surface area contributed by atoms with Gasteiger partial charge in [-0.25, -0.2) is 0 Å². The van der Waals surface area contributed by atoms with Gasteiger partial charge >= 0.3 is 0 Å². The number of para-hydroxylation sites is 1. The summed E-state index contributed by atoms with van der Waals surface area (Å²) in [6.45, 7) is 0.468. The number of rotatable bonds is 4. The molecule has 2 aromatic heterocycles. The summed E-state index contributed by atoms with van der Waals surface area (Å²) in [7, 11) is 0. The number of fused-ring (bicyclic) bond motifs is 3. The molecule has 0 spiro atoms. The normalized spacial score (nSPS) is 12.0. The fourth-order valence-corrected chi connectivity index (χ4v) is 3.53. The van der Waals surface area contributed by atoms with Crippen molar-refractivity contribution in [3.63, 3.8) is 0 Å². The van der Waals surface area contributed by atoms with E-state index < -0.39 is 0 Å². The highest BCUT2D eigenvalue weighted by Crippen LogP contribution is 2.37. The molecule has 0 fully saturated rings. The Labute approximate surface area is 170 Å². The topological polar surface area (TPSA) is 82.2 Å². The van der Waals surface area contributed by atoms with Gasteiger partial charge in [-0.2, -0.15) is 5.10 Å². The molecule has 144 valence electrons. The molecule has 1 aliphatic rings. The van der Waals surface area contributed by atoms with Crippen molar-refractivity contribution in [3.05, 3.63) is 71.4 Å². The zero-order chi connectivity index (χ0) is 19.8. The Kier molecular flexibility index (Phi) is 4.29. The second-order valence-electron chi connectivity index (χ2n) is 6.60. The van der Waals surface area contributed by atoms with Crippen molar-refractivity contribution in [1.29, 1.82) is 0 Å². The minimum Gasteiger partial charge on any atom is -0.488 e. The van der Waals surface area contributed by atoms with Gasteiger partial charge in [-0.15, -0.1) is 0 Å². The lowest BCUT2D eigenvalue weighted by molar-refractivity contribution is -0.117. The van der Waals surface area contributed by atoms with Crippen molar-refractivity contribution in [2.45, 2.75) is 13.2 Å². The van der Waals surface area contributed by atoms with Crippen LogP contribution in [0.2, 0.25) is 5.02 Å². The number of hydrogen-bond donors (Lipinski definition) is 1. The summed E-state index contributed by atoms with van der Waals surface area (Å²) in [4.78, 5) is 12.6. The minimum atomic E-state index is -0.270. The molecule has 1 aliphatic heterocycles. The Bertz CT molecular complexity index is 1210. The van der Waals surface area contributed by atoms with Gasteiger partial charge in [-0.05, 0) is 24.3 Å². The lowest BCUT2D eigenvalue weighted by Gasteiger charge is -2.18. The number of aromatic nitrogens is 3. The van der Waals surface area contributed by atoms with Gasteiger partial charge < -0.3 is 9.26 Å². The highest BCUT2D eigenvalue weighted by molar-refractivity contribution is 6.30. The predicted molar refractivity (Wildman–Crippen MR) is 108 cm³/mol. The van der Waals surface area contributed by atoms with E-state index in [1.807, 2.05) is 36.4 Å². The molecule has 0 saturated carbocycles. The van der Waals surface area contributed by atoms with Crippen LogP contribution in [0, 0.1) is 0 Å². The quantitative estimate of drug-likeness (QED) is 0.543. The molecular formula is C21H15ClN4O3. The number of carbonyl (C=O) groups is 1. The van der Waals surface area contributed by atoms with Gasteiger partial charge in [0, 0.05) is 27.8 Å². The molecular weight excluding hydrogens is 392 g/mol. The fraction of sp³-hybridized carbons (Fsp3) is 0.0952. The van der Waals surface area contributed by atoms with Gasteiger partial charge in [0.1, 0.15) is 24.6 Å². The molecule has 1 amide bonds. The van der Waals surface area contributed by atoms with E-state index in [1.165, 1.54) is 0 Å². The summed E-state index contributed by atoms with van der Waals surface area (Å²) in [6, 6.07) is 16.6. The van der Waals surface area contributed by atoms with Crippen LogP contribution in [0.5, 0.6) is 5.75 Å². The smallest absolute Gasteiger partial charge is 0.248 e. The van der Waals surface area contributed by atoms with Gasteiger partial charge in [0.25, 0.3) is 0 Å². The van der Waals surface area contributed by atoms with E-state index in [1.54, 1.807) is 29.1 Å². The first-order chi connectivity index (χ1) is 14.2. The summed E-state index contributed by atoms with van der Waals surface area (Å²) >= 11 is 6.01. The van der Waals surface area contributed by atoms with Crippen LogP contribution in [0.3, 0.4) is 0 Å². The van der Waals surface area contributed by atoms with Crippen LogP contribution in [0.25, 0.3) is 22.5 Å². The summed E-state index contributed by atoms with van der Waals surface area (Å²) in [5.41, 5.74) is 4.14.